The predicted octanol–water partition coefficient (Wildman–Crippen LogP) is 6.91. The van der Waals surface area contributed by atoms with Gasteiger partial charge in [0.1, 0.15) is 18.2 Å². The summed E-state index contributed by atoms with van der Waals surface area (Å²) in [6.45, 7) is 2.79. The van der Waals surface area contributed by atoms with Crippen LogP contribution in [0.5, 0.6) is 5.75 Å². The minimum atomic E-state index is -0.387. The highest BCUT2D eigenvalue weighted by molar-refractivity contribution is 8.18. The molecule has 1 aliphatic rings. The molecule has 1 saturated heterocycles. The van der Waals surface area contributed by atoms with Gasteiger partial charge < -0.3 is 9.30 Å². The Morgan fingerprint density at radius 1 is 1.06 bits per heavy atom. The van der Waals surface area contributed by atoms with Gasteiger partial charge in [0.25, 0.3) is 11.1 Å². The van der Waals surface area contributed by atoms with Gasteiger partial charge >= 0.3 is 0 Å². The maximum absolute atomic E-state index is 13.5. The number of nitrogens with zero attached hydrogens (tertiary/aromatic N) is 2. The molecule has 36 heavy (non-hydrogen) atoms. The molecule has 0 unspecified atom stereocenters. The van der Waals surface area contributed by atoms with Gasteiger partial charge in [-0.1, -0.05) is 48.0 Å². The van der Waals surface area contributed by atoms with Crippen molar-refractivity contribution in [3.8, 4) is 5.75 Å². The highest BCUT2D eigenvalue weighted by Gasteiger charge is 2.35. The molecular formula is C28H22ClFN2O3S. The number of aryl methyl sites for hydroxylation is 1. The first-order valence-corrected chi connectivity index (χ1v) is 12.5. The number of benzene rings is 3. The number of carbonyl (C=O) groups is 2. The molecule has 0 spiro atoms. The van der Waals surface area contributed by atoms with E-state index in [0.29, 0.717) is 22.2 Å². The van der Waals surface area contributed by atoms with E-state index in [2.05, 4.69) is 0 Å². The molecule has 1 aromatic heterocycles. The molecule has 0 aliphatic carbocycles. The number of hydrogen-bond acceptors (Lipinski definition) is 4. The van der Waals surface area contributed by atoms with E-state index in [0.717, 1.165) is 39.4 Å². The zero-order valence-electron chi connectivity index (χ0n) is 19.4. The number of carbonyl (C=O) groups excluding carboxylic acids is 2. The lowest BCUT2D eigenvalue weighted by Gasteiger charge is -2.13. The molecule has 3 aromatic carbocycles. The van der Waals surface area contributed by atoms with Crippen molar-refractivity contribution in [3.63, 3.8) is 0 Å². The van der Waals surface area contributed by atoms with Crippen LogP contribution >= 0.6 is 23.4 Å². The largest absolute Gasteiger partial charge is 0.492 e. The number of imide groups is 1. The normalized spacial score (nSPS) is 14.9. The Kier molecular flexibility index (Phi) is 6.85. The molecule has 4 aromatic rings. The van der Waals surface area contributed by atoms with Gasteiger partial charge in [0.05, 0.1) is 11.4 Å². The van der Waals surface area contributed by atoms with E-state index >= 15 is 0 Å². The van der Waals surface area contributed by atoms with Crippen LogP contribution in [0.1, 0.15) is 16.7 Å². The fourth-order valence-electron chi connectivity index (χ4n) is 4.15. The quantitative estimate of drug-likeness (QED) is 0.248. The van der Waals surface area contributed by atoms with E-state index in [1.54, 1.807) is 12.1 Å². The van der Waals surface area contributed by atoms with Crippen molar-refractivity contribution in [2.24, 2.45) is 0 Å². The molecule has 0 saturated carbocycles. The van der Waals surface area contributed by atoms with Crippen LogP contribution < -0.4 is 4.74 Å². The maximum atomic E-state index is 13.5. The number of thioether (sulfide) groups is 1. The third-order valence-electron chi connectivity index (χ3n) is 5.91. The molecule has 0 atom stereocenters. The second kappa shape index (κ2) is 10.2. The first-order chi connectivity index (χ1) is 17.4. The summed E-state index contributed by atoms with van der Waals surface area (Å²) in [6, 6.07) is 19.7. The zero-order valence-corrected chi connectivity index (χ0v) is 21.0. The molecule has 5 nitrogen and oxygen atoms in total. The summed E-state index contributed by atoms with van der Waals surface area (Å²) in [6.07, 6.45) is 3.66. The van der Waals surface area contributed by atoms with Crippen LogP contribution in [0.25, 0.3) is 17.0 Å². The second-order valence-corrected chi connectivity index (χ2v) is 9.86. The number of rotatable bonds is 7. The maximum Gasteiger partial charge on any atom is 0.293 e. The average Bonchev–Trinajstić information content (AvgIpc) is 3.33. The van der Waals surface area contributed by atoms with Crippen molar-refractivity contribution in [3.05, 3.63) is 105 Å². The van der Waals surface area contributed by atoms with E-state index in [1.165, 1.54) is 17.0 Å². The number of ether oxygens (including phenoxy) is 1. The summed E-state index contributed by atoms with van der Waals surface area (Å²) >= 11 is 7.17. The van der Waals surface area contributed by atoms with Gasteiger partial charge in [-0.25, -0.2) is 4.39 Å². The van der Waals surface area contributed by atoms with Crippen molar-refractivity contribution in [1.82, 2.24) is 9.47 Å². The van der Waals surface area contributed by atoms with Crippen LogP contribution in [0, 0.1) is 12.7 Å². The van der Waals surface area contributed by atoms with Gasteiger partial charge in [-0.05, 0) is 66.2 Å². The number of fused-ring (bicyclic) bond motifs is 1. The van der Waals surface area contributed by atoms with Gasteiger partial charge in [0.2, 0.25) is 0 Å². The molecule has 0 radical (unpaired) electrons. The molecule has 2 heterocycles. The summed E-state index contributed by atoms with van der Waals surface area (Å²) in [4.78, 5) is 27.2. The average molecular weight is 521 g/mol. The molecule has 0 N–H and O–H groups in total. The molecule has 182 valence electrons. The van der Waals surface area contributed by atoms with Crippen LogP contribution in [0.4, 0.5) is 9.18 Å². The lowest BCUT2D eigenvalue weighted by Crippen LogP contribution is -2.32. The third kappa shape index (κ3) is 5.03. The number of hydrogen-bond donors (Lipinski definition) is 0. The van der Waals surface area contributed by atoms with Crippen LogP contribution in [0.2, 0.25) is 5.02 Å². The summed E-state index contributed by atoms with van der Waals surface area (Å²) in [5, 5.41) is 0.967. The Hall–Kier alpha value is -3.55. The standard InChI is InChI=1S/C28H22ClFN2O3S/c1-18-5-4-6-22(13-18)35-12-11-32-27(33)26(36-28(32)34)14-20-17-31(25-8-3-2-7-23(20)25)16-19-9-10-21(30)15-24(19)29/h2-10,13-15,17H,11-12,16H2,1H3/b26-14-. The van der Waals surface area contributed by atoms with Crippen LogP contribution in [-0.4, -0.2) is 33.8 Å². The van der Waals surface area contributed by atoms with Crippen molar-refractivity contribution >= 4 is 51.5 Å². The summed E-state index contributed by atoms with van der Waals surface area (Å²) in [5.74, 6) is -0.0235. The van der Waals surface area contributed by atoms with E-state index < -0.39 is 0 Å². The molecule has 2 amide bonds. The molecule has 1 fully saturated rings. The van der Waals surface area contributed by atoms with Gasteiger partial charge in [-0.15, -0.1) is 0 Å². The fourth-order valence-corrected chi connectivity index (χ4v) is 5.23. The summed E-state index contributed by atoms with van der Waals surface area (Å²) < 4.78 is 21.2. The zero-order chi connectivity index (χ0) is 25.2. The van der Waals surface area contributed by atoms with Crippen molar-refractivity contribution in [1.29, 1.82) is 0 Å². The Bertz CT molecular complexity index is 1510. The summed E-state index contributed by atoms with van der Waals surface area (Å²) in [5.41, 5.74) is 3.60. The summed E-state index contributed by atoms with van der Waals surface area (Å²) in [7, 11) is 0. The smallest absolute Gasteiger partial charge is 0.293 e. The Morgan fingerprint density at radius 3 is 2.69 bits per heavy atom. The van der Waals surface area contributed by atoms with Gasteiger partial charge in [0, 0.05) is 34.2 Å². The molecule has 8 heteroatoms. The third-order valence-corrected chi connectivity index (χ3v) is 7.17. The molecule has 5 rings (SSSR count). The fraction of sp³-hybridized carbons (Fsp3) is 0.143. The van der Waals surface area contributed by atoms with Gasteiger partial charge in [-0.3, -0.25) is 14.5 Å². The van der Waals surface area contributed by atoms with Crippen molar-refractivity contribution < 1.29 is 18.7 Å². The number of aromatic nitrogens is 1. The highest BCUT2D eigenvalue weighted by atomic mass is 35.5. The first-order valence-electron chi connectivity index (χ1n) is 11.4. The van der Waals surface area contributed by atoms with Gasteiger partial charge in [0.15, 0.2) is 0 Å². The lowest BCUT2D eigenvalue weighted by molar-refractivity contribution is -0.123. The van der Waals surface area contributed by atoms with E-state index in [4.69, 9.17) is 16.3 Å². The molecule has 0 bridgehead atoms. The highest BCUT2D eigenvalue weighted by Crippen LogP contribution is 2.34. The molecular weight excluding hydrogens is 499 g/mol. The minimum absolute atomic E-state index is 0.167. The van der Waals surface area contributed by atoms with Crippen LogP contribution in [0.3, 0.4) is 0 Å². The Balaban J connectivity index is 1.36. The van der Waals surface area contributed by atoms with Crippen molar-refractivity contribution in [2.75, 3.05) is 13.2 Å². The SMILES string of the molecule is Cc1cccc(OCCN2C(=O)S/C(=C\c3cn(Cc4ccc(F)cc4Cl)c4ccccc34)C2=O)c1. The van der Waals surface area contributed by atoms with Crippen LogP contribution in [0.15, 0.2) is 77.8 Å². The van der Waals surface area contributed by atoms with E-state index in [1.807, 2.05) is 66.2 Å². The van der Waals surface area contributed by atoms with Crippen LogP contribution in [-0.2, 0) is 11.3 Å². The second-order valence-electron chi connectivity index (χ2n) is 8.46. The van der Waals surface area contributed by atoms with E-state index in [-0.39, 0.29) is 30.1 Å². The van der Waals surface area contributed by atoms with Crippen molar-refractivity contribution in [2.45, 2.75) is 13.5 Å². The Labute approximate surface area is 217 Å². The monoisotopic (exact) mass is 520 g/mol. The lowest BCUT2D eigenvalue weighted by atomic mass is 10.1. The Morgan fingerprint density at radius 2 is 1.89 bits per heavy atom. The number of amides is 2. The topological polar surface area (TPSA) is 51.5 Å². The number of para-hydroxylation sites is 1. The van der Waals surface area contributed by atoms with E-state index in [9.17, 15) is 14.0 Å². The molecule has 1 aliphatic heterocycles. The number of halogens is 2. The minimum Gasteiger partial charge on any atom is -0.492 e. The first kappa shape index (κ1) is 24.2. The predicted molar refractivity (Wildman–Crippen MR) is 142 cm³/mol. The van der Waals surface area contributed by atoms with Gasteiger partial charge in [-0.2, -0.15) is 0 Å².